The van der Waals surface area contributed by atoms with E-state index in [1.165, 1.54) is 64.6 Å². The van der Waals surface area contributed by atoms with Gasteiger partial charge in [-0.25, -0.2) is 0 Å². The van der Waals surface area contributed by atoms with Gasteiger partial charge in [0.2, 0.25) is 0 Å². The maximum Gasteiger partial charge on any atom is 0.146 e. The number of hydroxylamine groups is 1. The molecule has 0 aromatic carbocycles. The first kappa shape index (κ1) is 20.6. The summed E-state index contributed by atoms with van der Waals surface area (Å²) >= 11 is 0. The number of nitrogens with one attached hydrogen (secondary N) is 4. The third kappa shape index (κ3) is 4.96. The van der Waals surface area contributed by atoms with Crippen molar-refractivity contribution in [3.8, 4) is 0 Å². The van der Waals surface area contributed by atoms with E-state index >= 15 is 0 Å². The fourth-order valence-electron chi connectivity index (χ4n) is 5.99. The lowest BCUT2D eigenvalue weighted by Gasteiger charge is -2.41. The van der Waals surface area contributed by atoms with E-state index in [-0.39, 0.29) is 12.4 Å². The quantitative estimate of drug-likeness (QED) is 0.508. The number of rotatable bonds is 5. The van der Waals surface area contributed by atoms with Crippen LogP contribution in [0.15, 0.2) is 0 Å². The first-order valence-electron chi connectivity index (χ1n) is 12.1. The van der Waals surface area contributed by atoms with E-state index < -0.39 is 0 Å². The van der Waals surface area contributed by atoms with Gasteiger partial charge in [0.1, 0.15) is 6.23 Å². The Hall–Kier alpha value is -0.320. The molecule has 5 aliphatic heterocycles. The van der Waals surface area contributed by atoms with E-state index in [0.717, 1.165) is 32.8 Å². The van der Waals surface area contributed by atoms with Gasteiger partial charge >= 0.3 is 0 Å². The van der Waals surface area contributed by atoms with Crippen LogP contribution < -0.4 is 21.4 Å². The lowest BCUT2D eigenvalue weighted by atomic mass is 9.92. The van der Waals surface area contributed by atoms with Crippen LogP contribution in [0.1, 0.15) is 44.9 Å². The molecule has 6 atom stereocenters. The number of hydrogen-bond acceptors (Lipinski definition) is 8. The summed E-state index contributed by atoms with van der Waals surface area (Å²) in [5.41, 5.74) is 3.38. The van der Waals surface area contributed by atoms with Crippen molar-refractivity contribution in [3.63, 3.8) is 0 Å². The molecule has 5 unspecified atom stereocenters. The Kier molecular flexibility index (Phi) is 7.00. The van der Waals surface area contributed by atoms with Crippen molar-refractivity contribution in [2.75, 3.05) is 52.5 Å². The number of ether oxygens (including phenoxy) is 1. The molecule has 0 radical (unpaired) electrons. The molecule has 29 heavy (non-hydrogen) atoms. The molecular formula is C21H40N6O2. The zero-order valence-corrected chi connectivity index (χ0v) is 17.8. The largest absolute Gasteiger partial charge is 0.379 e. The fourth-order valence-corrected chi connectivity index (χ4v) is 5.99. The maximum absolute atomic E-state index is 6.13. The number of hydrogen-bond donors (Lipinski definition) is 4. The Morgan fingerprint density at radius 2 is 1.83 bits per heavy atom. The highest BCUT2D eigenvalue weighted by Gasteiger charge is 2.41. The fraction of sp³-hybridized carbons (Fsp3) is 1.00. The Labute approximate surface area is 175 Å². The van der Waals surface area contributed by atoms with E-state index in [1.807, 2.05) is 0 Å². The van der Waals surface area contributed by atoms with Crippen LogP contribution in [-0.2, 0) is 9.57 Å². The van der Waals surface area contributed by atoms with Gasteiger partial charge in [-0.3, -0.25) is 20.0 Å². The Balaban J connectivity index is 1.13. The van der Waals surface area contributed by atoms with Crippen molar-refractivity contribution in [1.29, 1.82) is 0 Å². The van der Waals surface area contributed by atoms with Crippen molar-refractivity contribution >= 4 is 0 Å². The highest BCUT2D eigenvalue weighted by molar-refractivity contribution is 4.93. The first-order valence-corrected chi connectivity index (χ1v) is 12.1. The summed E-state index contributed by atoms with van der Waals surface area (Å²) in [6.45, 7) is 8.46. The second kappa shape index (κ2) is 9.87. The monoisotopic (exact) mass is 408 g/mol. The molecule has 5 fully saturated rings. The highest BCUT2D eigenvalue weighted by Crippen LogP contribution is 2.28. The second-order valence-corrected chi connectivity index (χ2v) is 9.55. The zero-order chi connectivity index (χ0) is 19.5. The topological polar surface area (TPSA) is 73.1 Å². The molecule has 8 heteroatoms. The number of likely N-dealkylation sites (tertiary alicyclic amines) is 1. The summed E-state index contributed by atoms with van der Waals surface area (Å²) < 4.78 is 5.53. The van der Waals surface area contributed by atoms with Crippen LogP contribution in [0.4, 0.5) is 0 Å². The molecule has 0 aliphatic carbocycles. The van der Waals surface area contributed by atoms with Gasteiger partial charge in [-0.05, 0) is 64.1 Å². The minimum absolute atomic E-state index is 0.114. The molecule has 5 rings (SSSR count). The maximum atomic E-state index is 6.13. The van der Waals surface area contributed by atoms with Crippen LogP contribution in [0.2, 0.25) is 0 Å². The van der Waals surface area contributed by atoms with Gasteiger partial charge in [0, 0.05) is 25.7 Å². The minimum Gasteiger partial charge on any atom is -0.379 e. The van der Waals surface area contributed by atoms with E-state index in [9.17, 15) is 0 Å². The van der Waals surface area contributed by atoms with Crippen LogP contribution >= 0.6 is 0 Å². The molecule has 0 saturated carbocycles. The first-order chi connectivity index (χ1) is 14.4. The smallest absolute Gasteiger partial charge is 0.146 e. The van der Waals surface area contributed by atoms with Crippen molar-refractivity contribution in [2.45, 2.75) is 75.6 Å². The summed E-state index contributed by atoms with van der Waals surface area (Å²) in [5.74, 6) is 0.601. The van der Waals surface area contributed by atoms with Crippen molar-refractivity contribution in [3.05, 3.63) is 0 Å². The van der Waals surface area contributed by atoms with Crippen LogP contribution in [0.25, 0.3) is 0 Å². The predicted molar refractivity (Wildman–Crippen MR) is 112 cm³/mol. The lowest BCUT2D eigenvalue weighted by molar-refractivity contribution is -0.0294. The van der Waals surface area contributed by atoms with E-state index in [1.54, 1.807) is 0 Å². The van der Waals surface area contributed by atoms with Crippen LogP contribution in [0, 0.1) is 5.92 Å². The van der Waals surface area contributed by atoms with Gasteiger partial charge in [-0.1, -0.05) is 6.42 Å². The summed E-state index contributed by atoms with van der Waals surface area (Å²) in [4.78, 5) is 11.4. The van der Waals surface area contributed by atoms with Gasteiger partial charge in [0.05, 0.1) is 31.6 Å². The van der Waals surface area contributed by atoms with E-state index in [0.29, 0.717) is 24.2 Å². The Morgan fingerprint density at radius 3 is 2.69 bits per heavy atom. The van der Waals surface area contributed by atoms with E-state index in [4.69, 9.17) is 9.57 Å². The van der Waals surface area contributed by atoms with Gasteiger partial charge in [-0.15, -0.1) is 0 Å². The molecule has 0 aromatic rings. The Bertz CT molecular complexity index is 513. The summed E-state index contributed by atoms with van der Waals surface area (Å²) in [6, 6.07) is 1.15. The average molecular weight is 409 g/mol. The van der Waals surface area contributed by atoms with E-state index in [2.05, 4.69) is 31.2 Å². The van der Waals surface area contributed by atoms with Gasteiger partial charge in [-0.2, -0.15) is 5.48 Å². The molecule has 5 heterocycles. The standard InChI is InChI=1S/C21H40N6O2/c1-2-7-22-17(4-1)15-27-9-3-5-18(27)21-24-20(25-29-21)16-6-8-23-19(14-16)26-10-12-28-13-11-26/h16-25H,1-15H2/t16?,17?,18-,19?,20?,21?/m0/s1. The van der Waals surface area contributed by atoms with Crippen LogP contribution in [0.3, 0.4) is 0 Å². The summed E-state index contributed by atoms with van der Waals surface area (Å²) in [5, 5.41) is 11.3. The lowest BCUT2D eigenvalue weighted by Crippen LogP contribution is -2.57. The van der Waals surface area contributed by atoms with Crippen molar-refractivity contribution < 1.29 is 9.57 Å². The predicted octanol–water partition coefficient (Wildman–Crippen LogP) is 0.0274. The highest BCUT2D eigenvalue weighted by atomic mass is 16.7. The van der Waals surface area contributed by atoms with Crippen molar-refractivity contribution in [2.24, 2.45) is 5.92 Å². The zero-order valence-electron chi connectivity index (χ0n) is 17.8. The normalized spacial score (nSPS) is 43.0. The number of nitrogens with zero attached hydrogens (tertiary/aromatic N) is 2. The minimum atomic E-state index is 0.114. The average Bonchev–Trinajstić information content (AvgIpc) is 3.45. The molecule has 8 nitrogen and oxygen atoms in total. The molecular weight excluding hydrogens is 368 g/mol. The summed E-state index contributed by atoms with van der Waals surface area (Å²) in [6.07, 6.45) is 9.77. The molecule has 5 aliphatic rings. The van der Waals surface area contributed by atoms with Gasteiger partial charge < -0.3 is 15.4 Å². The third-order valence-corrected chi connectivity index (χ3v) is 7.68. The molecule has 0 spiro atoms. The number of morpholine rings is 1. The van der Waals surface area contributed by atoms with Crippen LogP contribution in [-0.4, -0.2) is 92.9 Å². The third-order valence-electron chi connectivity index (χ3n) is 7.68. The van der Waals surface area contributed by atoms with Crippen molar-refractivity contribution in [1.82, 2.24) is 31.2 Å². The SMILES string of the molecule is C1CCC(CN2CCC[C@H]2C2NC(C3CCNC(N4CCOCC4)C3)NO2)NC1. The molecule has 0 amide bonds. The number of piperidine rings is 2. The Morgan fingerprint density at radius 1 is 0.897 bits per heavy atom. The van der Waals surface area contributed by atoms with Crippen LogP contribution in [0.5, 0.6) is 0 Å². The summed E-state index contributed by atoms with van der Waals surface area (Å²) in [7, 11) is 0. The molecule has 4 N–H and O–H groups in total. The second-order valence-electron chi connectivity index (χ2n) is 9.55. The van der Waals surface area contributed by atoms with Gasteiger partial charge in [0.25, 0.3) is 0 Å². The molecule has 0 bridgehead atoms. The molecule has 166 valence electrons. The van der Waals surface area contributed by atoms with Gasteiger partial charge in [0.15, 0.2) is 0 Å². The molecule has 0 aromatic heterocycles. The molecule has 5 saturated heterocycles.